The van der Waals surface area contributed by atoms with Crippen molar-refractivity contribution in [1.29, 1.82) is 0 Å². The van der Waals surface area contributed by atoms with Crippen molar-refractivity contribution < 1.29 is 0 Å². The van der Waals surface area contributed by atoms with Gasteiger partial charge >= 0.3 is 0 Å². The second-order valence-electron chi connectivity index (χ2n) is 4.91. The highest BCUT2D eigenvalue weighted by atomic mass is 15.2. The molecule has 102 valence electrons. The fourth-order valence-corrected chi connectivity index (χ4v) is 2.45. The highest BCUT2D eigenvalue weighted by molar-refractivity contribution is 5.67. The summed E-state index contributed by atoms with van der Waals surface area (Å²) in [7, 11) is 0. The Bertz CT molecular complexity index is 543. The maximum atomic E-state index is 4.40. The van der Waals surface area contributed by atoms with Crippen molar-refractivity contribution in [2.45, 2.75) is 6.92 Å². The lowest BCUT2D eigenvalue weighted by Gasteiger charge is -2.27. The molecule has 1 aliphatic rings. The Morgan fingerprint density at radius 1 is 1.37 bits per heavy atom. The minimum Gasteiger partial charge on any atom is -0.367 e. The van der Waals surface area contributed by atoms with Gasteiger partial charge in [-0.15, -0.1) is 0 Å². The predicted octanol–water partition coefficient (Wildman–Crippen LogP) is 0.355. The van der Waals surface area contributed by atoms with Crippen LogP contribution in [0.5, 0.6) is 0 Å². The summed E-state index contributed by atoms with van der Waals surface area (Å²) in [4.78, 5) is 6.86. The number of nitrogens with zero attached hydrogens (tertiary/aromatic N) is 4. The zero-order chi connectivity index (χ0) is 13.1. The van der Waals surface area contributed by atoms with Crippen molar-refractivity contribution in [1.82, 2.24) is 24.8 Å². The molecule has 2 aromatic rings. The molecule has 1 saturated heterocycles. The molecule has 0 aromatic carbocycles. The van der Waals surface area contributed by atoms with Crippen LogP contribution in [0.25, 0.3) is 5.52 Å². The number of aryl methyl sites for hydroxylation is 1. The summed E-state index contributed by atoms with van der Waals surface area (Å²) in [6, 6.07) is 2.06. The number of piperazine rings is 1. The van der Waals surface area contributed by atoms with E-state index in [-0.39, 0.29) is 0 Å². The van der Waals surface area contributed by atoms with E-state index in [1.807, 2.05) is 17.6 Å². The van der Waals surface area contributed by atoms with Crippen molar-refractivity contribution in [3.05, 3.63) is 24.2 Å². The van der Waals surface area contributed by atoms with Gasteiger partial charge in [-0.05, 0) is 13.0 Å². The number of fused-ring (bicyclic) bond motifs is 1. The lowest BCUT2D eigenvalue weighted by Crippen LogP contribution is -2.45. The largest absolute Gasteiger partial charge is 0.367 e. The third-order valence-electron chi connectivity index (χ3n) is 3.44. The van der Waals surface area contributed by atoms with E-state index < -0.39 is 0 Å². The van der Waals surface area contributed by atoms with Gasteiger partial charge in [0.15, 0.2) is 5.82 Å². The number of hydrogen-bond donors (Lipinski definition) is 2. The fourth-order valence-electron chi connectivity index (χ4n) is 2.45. The Balaban J connectivity index is 1.61. The average Bonchev–Trinajstić information content (AvgIpc) is 2.81. The van der Waals surface area contributed by atoms with Gasteiger partial charge in [0.2, 0.25) is 0 Å². The first-order chi connectivity index (χ1) is 9.33. The minimum atomic E-state index is 0.914. The molecule has 3 rings (SSSR count). The van der Waals surface area contributed by atoms with Crippen molar-refractivity contribution in [3.63, 3.8) is 0 Å². The SMILES string of the molecule is Cc1cc2c(NCCN3CCNCC3)nccn2n1. The highest BCUT2D eigenvalue weighted by Gasteiger charge is 2.09. The minimum absolute atomic E-state index is 0.914. The van der Waals surface area contributed by atoms with Crippen LogP contribution in [0.2, 0.25) is 0 Å². The Morgan fingerprint density at radius 3 is 3.05 bits per heavy atom. The normalized spacial score (nSPS) is 16.9. The molecule has 6 heteroatoms. The Labute approximate surface area is 112 Å². The van der Waals surface area contributed by atoms with Crippen LogP contribution in [0, 0.1) is 6.92 Å². The topological polar surface area (TPSA) is 57.5 Å². The van der Waals surface area contributed by atoms with Gasteiger partial charge in [0.1, 0.15) is 5.52 Å². The summed E-state index contributed by atoms with van der Waals surface area (Å²) >= 11 is 0. The number of hydrogen-bond acceptors (Lipinski definition) is 5. The first-order valence-corrected chi connectivity index (χ1v) is 6.81. The highest BCUT2D eigenvalue weighted by Crippen LogP contribution is 2.14. The molecule has 1 aliphatic heterocycles. The van der Waals surface area contributed by atoms with E-state index >= 15 is 0 Å². The zero-order valence-corrected chi connectivity index (χ0v) is 11.3. The van der Waals surface area contributed by atoms with Crippen molar-refractivity contribution in [3.8, 4) is 0 Å². The molecule has 0 saturated carbocycles. The van der Waals surface area contributed by atoms with Crippen molar-refractivity contribution >= 4 is 11.3 Å². The first kappa shape index (κ1) is 12.4. The van der Waals surface area contributed by atoms with Crippen LogP contribution in [0.15, 0.2) is 18.5 Å². The average molecular weight is 260 g/mol. The number of rotatable bonds is 4. The standard InChI is InChI=1S/C13H20N6/c1-11-10-12-13(16-5-9-19(12)17-11)15-4-8-18-6-2-14-3-7-18/h5,9-10,14H,2-4,6-8H2,1H3,(H,15,16). The summed E-state index contributed by atoms with van der Waals surface area (Å²) < 4.78 is 1.87. The predicted molar refractivity (Wildman–Crippen MR) is 75.5 cm³/mol. The molecular weight excluding hydrogens is 240 g/mol. The lowest BCUT2D eigenvalue weighted by molar-refractivity contribution is 0.249. The number of nitrogens with one attached hydrogen (secondary N) is 2. The summed E-state index contributed by atoms with van der Waals surface area (Å²) in [6.45, 7) is 8.41. The molecule has 0 bridgehead atoms. The summed E-state index contributed by atoms with van der Waals surface area (Å²) in [6.07, 6.45) is 3.66. The van der Waals surface area contributed by atoms with E-state index in [1.165, 1.54) is 0 Å². The summed E-state index contributed by atoms with van der Waals surface area (Å²) in [5.41, 5.74) is 2.05. The van der Waals surface area contributed by atoms with E-state index in [4.69, 9.17) is 0 Å². The van der Waals surface area contributed by atoms with Gasteiger partial charge < -0.3 is 10.6 Å². The first-order valence-electron chi connectivity index (χ1n) is 6.81. The van der Waals surface area contributed by atoms with Gasteiger partial charge in [0, 0.05) is 51.7 Å². The van der Waals surface area contributed by atoms with Gasteiger partial charge in [-0.2, -0.15) is 5.10 Å². The lowest BCUT2D eigenvalue weighted by atomic mass is 10.3. The quantitative estimate of drug-likeness (QED) is 0.831. The van der Waals surface area contributed by atoms with E-state index in [2.05, 4.69) is 31.7 Å². The summed E-state index contributed by atoms with van der Waals surface area (Å²) in [5.74, 6) is 0.915. The smallest absolute Gasteiger partial charge is 0.152 e. The third kappa shape index (κ3) is 2.85. The van der Waals surface area contributed by atoms with Crippen LogP contribution in [-0.2, 0) is 0 Å². The van der Waals surface area contributed by atoms with E-state index in [0.717, 1.165) is 56.3 Å². The van der Waals surface area contributed by atoms with Gasteiger partial charge in [-0.25, -0.2) is 9.50 Å². The fraction of sp³-hybridized carbons (Fsp3) is 0.538. The maximum absolute atomic E-state index is 4.40. The van der Waals surface area contributed by atoms with Gasteiger partial charge in [-0.1, -0.05) is 0 Å². The van der Waals surface area contributed by atoms with Crippen LogP contribution in [-0.4, -0.2) is 58.8 Å². The molecule has 2 N–H and O–H groups in total. The van der Waals surface area contributed by atoms with Crippen LogP contribution >= 0.6 is 0 Å². The molecule has 1 fully saturated rings. The molecule has 3 heterocycles. The third-order valence-corrected chi connectivity index (χ3v) is 3.44. The Kier molecular flexibility index (Phi) is 3.61. The molecule has 2 aromatic heterocycles. The molecule has 0 aliphatic carbocycles. The molecule has 0 atom stereocenters. The Hall–Kier alpha value is -1.66. The molecule has 0 spiro atoms. The van der Waals surface area contributed by atoms with E-state index in [9.17, 15) is 0 Å². The molecule has 19 heavy (non-hydrogen) atoms. The molecular formula is C13H20N6. The molecule has 0 unspecified atom stereocenters. The molecule has 0 radical (unpaired) electrons. The molecule has 0 amide bonds. The van der Waals surface area contributed by atoms with Crippen LogP contribution in [0.4, 0.5) is 5.82 Å². The van der Waals surface area contributed by atoms with Gasteiger partial charge in [-0.3, -0.25) is 4.90 Å². The second kappa shape index (κ2) is 5.54. The zero-order valence-electron chi connectivity index (χ0n) is 11.3. The van der Waals surface area contributed by atoms with Crippen LogP contribution < -0.4 is 10.6 Å². The van der Waals surface area contributed by atoms with Crippen molar-refractivity contribution in [2.75, 3.05) is 44.6 Å². The van der Waals surface area contributed by atoms with Gasteiger partial charge in [0.25, 0.3) is 0 Å². The molecule has 6 nitrogen and oxygen atoms in total. The number of anilines is 1. The van der Waals surface area contributed by atoms with Gasteiger partial charge in [0.05, 0.1) is 5.69 Å². The second-order valence-corrected chi connectivity index (χ2v) is 4.91. The van der Waals surface area contributed by atoms with Crippen LogP contribution in [0.3, 0.4) is 0 Å². The Morgan fingerprint density at radius 2 is 2.21 bits per heavy atom. The van der Waals surface area contributed by atoms with Crippen LogP contribution in [0.1, 0.15) is 5.69 Å². The van der Waals surface area contributed by atoms with E-state index in [1.54, 1.807) is 6.20 Å². The monoisotopic (exact) mass is 260 g/mol. The maximum Gasteiger partial charge on any atom is 0.152 e. The number of aromatic nitrogens is 3. The van der Waals surface area contributed by atoms with Crippen molar-refractivity contribution in [2.24, 2.45) is 0 Å². The summed E-state index contributed by atoms with van der Waals surface area (Å²) in [5, 5.41) is 11.2. The van der Waals surface area contributed by atoms with E-state index in [0.29, 0.717) is 0 Å².